The van der Waals surface area contributed by atoms with Gasteiger partial charge in [-0.25, -0.2) is 0 Å². The summed E-state index contributed by atoms with van der Waals surface area (Å²) < 4.78 is 22.3. The Morgan fingerprint density at radius 2 is 1.94 bits per heavy atom. The molecule has 0 aliphatic heterocycles. The number of nitrogens with zero attached hydrogens (tertiary/aromatic N) is 1. The summed E-state index contributed by atoms with van der Waals surface area (Å²) in [7, 11) is 0. The molecule has 0 saturated carbocycles. The van der Waals surface area contributed by atoms with E-state index in [4.69, 9.17) is 4.11 Å². The SMILES string of the molecule is [2H]C([2H])([2H])c1cc(-c2ccccc2C)ccc1[N+](=O)[O-]. The van der Waals surface area contributed by atoms with E-state index < -0.39 is 11.8 Å². The lowest BCUT2D eigenvalue weighted by atomic mass is 9.98. The van der Waals surface area contributed by atoms with E-state index in [1.807, 2.05) is 31.2 Å². The van der Waals surface area contributed by atoms with Crippen molar-refractivity contribution < 1.29 is 9.04 Å². The van der Waals surface area contributed by atoms with Crippen molar-refractivity contribution in [3.05, 3.63) is 63.7 Å². The molecule has 3 nitrogen and oxygen atoms in total. The Morgan fingerprint density at radius 1 is 1.18 bits per heavy atom. The Hall–Kier alpha value is -2.16. The Morgan fingerprint density at radius 3 is 2.59 bits per heavy atom. The average Bonchev–Trinajstić information content (AvgIpc) is 2.37. The second-order valence-corrected chi connectivity index (χ2v) is 3.80. The molecular formula is C14H13NO2. The average molecular weight is 230 g/mol. The summed E-state index contributed by atoms with van der Waals surface area (Å²) in [6.07, 6.45) is 0. The number of rotatable bonds is 2. The largest absolute Gasteiger partial charge is 0.272 e. The zero-order valence-corrected chi connectivity index (χ0v) is 9.31. The normalized spacial score (nSPS) is 13.6. The molecule has 0 unspecified atom stereocenters. The van der Waals surface area contributed by atoms with Crippen LogP contribution in [0.3, 0.4) is 0 Å². The summed E-state index contributed by atoms with van der Waals surface area (Å²) in [4.78, 5) is 10.3. The van der Waals surface area contributed by atoms with Crippen molar-refractivity contribution in [1.29, 1.82) is 0 Å². The number of nitro groups is 1. The van der Waals surface area contributed by atoms with Gasteiger partial charge < -0.3 is 0 Å². The van der Waals surface area contributed by atoms with Crippen molar-refractivity contribution >= 4 is 5.69 Å². The van der Waals surface area contributed by atoms with Gasteiger partial charge in [0.05, 0.1) is 4.92 Å². The first-order chi connectivity index (χ1) is 9.30. The fraction of sp³-hybridized carbons (Fsp3) is 0.143. The van der Waals surface area contributed by atoms with E-state index in [1.54, 1.807) is 6.07 Å². The first-order valence-corrected chi connectivity index (χ1v) is 5.15. The molecule has 3 heteroatoms. The summed E-state index contributed by atoms with van der Waals surface area (Å²) in [5, 5.41) is 10.9. The van der Waals surface area contributed by atoms with E-state index in [1.165, 1.54) is 12.1 Å². The number of aryl methyl sites for hydroxylation is 2. The Kier molecular flexibility index (Phi) is 2.06. The van der Waals surface area contributed by atoms with Crippen molar-refractivity contribution in [3.63, 3.8) is 0 Å². The highest BCUT2D eigenvalue weighted by molar-refractivity contribution is 5.69. The van der Waals surface area contributed by atoms with Gasteiger partial charge in [0.25, 0.3) is 5.69 Å². The number of hydrogen-bond acceptors (Lipinski definition) is 2. The van der Waals surface area contributed by atoms with Crippen molar-refractivity contribution in [2.24, 2.45) is 0 Å². The van der Waals surface area contributed by atoms with Crippen molar-refractivity contribution in [1.82, 2.24) is 0 Å². The van der Waals surface area contributed by atoms with Crippen LogP contribution < -0.4 is 0 Å². The van der Waals surface area contributed by atoms with Crippen LogP contribution in [0.15, 0.2) is 42.5 Å². The molecule has 0 spiro atoms. The van der Waals surface area contributed by atoms with Gasteiger partial charge in [0.1, 0.15) is 0 Å². The lowest BCUT2D eigenvalue weighted by Crippen LogP contribution is -1.92. The minimum absolute atomic E-state index is 0.233. The second kappa shape index (κ2) is 4.37. The molecule has 0 atom stereocenters. The van der Waals surface area contributed by atoms with Crippen LogP contribution in [0.5, 0.6) is 0 Å². The number of nitro benzene ring substituents is 1. The summed E-state index contributed by atoms with van der Waals surface area (Å²) in [5.74, 6) is 0. The molecule has 0 saturated heterocycles. The molecule has 0 radical (unpaired) electrons. The van der Waals surface area contributed by atoms with Gasteiger partial charge in [-0.3, -0.25) is 10.1 Å². The first kappa shape index (κ1) is 8.01. The van der Waals surface area contributed by atoms with Gasteiger partial charge in [0.2, 0.25) is 0 Å². The van der Waals surface area contributed by atoms with Crippen LogP contribution >= 0.6 is 0 Å². The van der Waals surface area contributed by atoms with Crippen LogP contribution in [0.1, 0.15) is 15.2 Å². The molecule has 0 bridgehead atoms. The van der Waals surface area contributed by atoms with Crippen LogP contribution in [-0.4, -0.2) is 4.92 Å². The van der Waals surface area contributed by atoms with Crippen LogP contribution in [0.4, 0.5) is 5.69 Å². The molecule has 2 aromatic rings. The monoisotopic (exact) mass is 230 g/mol. The number of hydrogen-bond donors (Lipinski definition) is 0. The van der Waals surface area contributed by atoms with Crippen LogP contribution in [0, 0.1) is 23.9 Å². The van der Waals surface area contributed by atoms with E-state index in [0.29, 0.717) is 5.56 Å². The maximum absolute atomic E-state index is 10.9. The van der Waals surface area contributed by atoms with Gasteiger partial charge in [-0.05, 0) is 42.6 Å². The quantitative estimate of drug-likeness (QED) is 0.580. The van der Waals surface area contributed by atoms with E-state index in [2.05, 4.69) is 0 Å². The van der Waals surface area contributed by atoms with Gasteiger partial charge in [-0.2, -0.15) is 0 Å². The molecule has 17 heavy (non-hydrogen) atoms. The molecule has 86 valence electrons. The van der Waals surface area contributed by atoms with Crippen LogP contribution in [-0.2, 0) is 0 Å². The highest BCUT2D eigenvalue weighted by Crippen LogP contribution is 2.27. The minimum Gasteiger partial charge on any atom is -0.258 e. The Balaban J connectivity index is 2.65. The lowest BCUT2D eigenvalue weighted by Gasteiger charge is -2.06. The summed E-state index contributed by atoms with van der Waals surface area (Å²) >= 11 is 0. The lowest BCUT2D eigenvalue weighted by molar-refractivity contribution is -0.385. The smallest absolute Gasteiger partial charge is 0.258 e. The van der Waals surface area contributed by atoms with Crippen molar-refractivity contribution in [3.8, 4) is 11.1 Å². The van der Waals surface area contributed by atoms with Crippen LogP contribution in [0.25, 0.3) is 11.1 Å². The van der Waals surface area contributed by atoms with Gasteiger partial charge >= 0.3 is 0 Å². The fourth-order valence-electron chi connectivity index (χ4n) is 1.76. The fourth-order valence-corrected chi connectivity index (χ4v) is 1.76. The first-order valence-electron chi connectivity index (χ1n) is 6.65. The molecule has 0 aliphatic carbocycles. The van der Waals surface area contributed by atoms with Crippen molar-refractivity contribution in [2.75, 3.05) is 0 Å². The highest BCUT2D eigenvalue weighted by Gasteiger charge is 2.11. The number of benzene rings is 2. The van der Waals surface area contributed by atoms with E-state index >= 15 is 0 Å². The summed E-state index contributed by atoms with van der Waals surface area (Å²) in [5.41, 5.74) is 1.91. The van der Waals surface area contributed by atoms with Gasteiger partial charge in [0.15, 0.2) is 0 Å². The molecule has 2 aromatic carbocycles. The van der Waals surface area contributed by atoms with Gasteiger partial charge in [-0.15, -0.1) is 0 Å². The third kappa shape index (κ3) is 2.18. The van der Waals surface area contributed by atoms with E-state index in [9.17, 15) is 10.1 Å². The van der Waals surface area contributed by atoms with Gasteiger partial charge in [0, 0.05) is 15.7 Å². The molecule has 2 rings (SSSR count). The maximum Gasteiger partial charge on any atom is 0.272 e. The third-order valence-corrected chi connectivity index (χ3v) is 2.65. The Bertz CT molecular complexity index is 666. The van der Waals surface area contributed by atoms with Crippen molar-refractivity contribution in [2.45, 2.75) is 13.8 Å². The molecule has 0 N–H and O–H groups in total. The molecule has 0 heterocycles. The summed E-state index contributed by atoms with van der Waals surface area (Å²) in [6, 6.07) is 11.7. The second-order valence-electron chi connectivity index (χ2n) is 3.80. The maximum atomic E-state index is 10.9. The molecular weight excluding hydrogens is 214 g/mol. The highest BCUT2D eigenvalue weighted by atomic mass is 16.6. The van der Waals surface area contributed by atoms with E-state index in [0.717, 1.165) is 11.1 Å². The van der Waals surface area contributed by atoms with Gasteiger partial charge in [-0.1, -0.05) is 24.3 Å². The molecule has 0 aliphatic rings. The minimum atomic E-state index is -2.51. The molecule has 0 fully saturated rings. The standard InChI is InChI=1S/C14H13NO2/c1-10-5-3-4-6-13(10)12-7-8-14(15(16)17)11(2)9-12/h3-9H,1-2H3/i2D3. The molecule has 0 aromatic heterocycles. The Labute approximate surface area is 104 Å². The van der Waals surface area contributed by atoms with Crippen LogP contribution in [0.2, 0.25) is 0 Å². The molecule has 0 amide bonds. The zero-order chi connectivity index (χ0) is 14.9. The van der Waals surface area contributed by atoms with E-state index in [-0.39, 0.29) is 11.3 Å². The zero-order valence-electron chi connectivity index (χ0n) is 12.3. The summed E-state index contributed by atoms with van der Waals surface area (Å²) in [6.45, 7) is -0.604. The topological polar surface area (TPSA) is 43.1 Å². The third-order valence-electron chi connectivity index (χ3n) is 2.65. The predicted molar refractivity (Wildman–Crippen MR) is 68.0 cm³/mol. The predicted octanol–water partition coefficient (Wildman–Crippen LogP) is 3.88.